The van der Waals surface area contributed by atoms with Crippen LogP contribution in [-0.4, -0.2) is 37.0 Å². The lowest BCUT2D eigenvalue weighted by Gasteiger charge is -2.17. The van der Waals surface area contributed by atoms with E-state index in [2.05, 4.69) is 15.3 Å². The van der Waals surface area contributed by atoms with Gasteiger partial charge in [0.1, 0.15) is 17.3 Å². The lowest BCUT2D eigenvalue weighted by Crippen LogP contribution is -2.24. The van der Waals surface area contributed by atoms with Crippen molar-refractivity contribution in [1.82, 2.24) is 24.1 Å². The van der Waals surface area contributed by atoms with Crippen LogP contribution in [-0.2, 0) is 18.4 Å². The zero-order chi connectivity index (χ0) is 24.9. The van der Waals surface area contributed by atoms with Crippen molar-refractivity contribution < 1.29 is 9.53 Å². The molecule has 9 nitrogen and oxygen atoms in total. The van der Waals surface area contributed by atoms with E-state index in [-0.39, 0.29) is 0 Å². The normalized spacial score (nSPS) is 10.9. The topological polar surface area (TPSA) is 90.1 Å². The highest BCUT2D eigenvalue weighted by atomic mass is 35.5. The Labute approximate surface area is 212 Å². The number of hydrogen-bond donors (Lipinski definition) is 1. The predicted octanol–water partition coefficient (Wildman–Crippen LogP) is 5.41. The average Bonchev–Trinajstić information content (AvgIpc) is 3.51. The number of imidazole rings is 2. The van der Waals surface area contributed by atoms with Crippen molar-refractivity contribution in [2.75, 3.05) is 16.8 Å². The van der Waals surface area contributed by atoms with Gasteiger partial charge in [0.05, 0.1) is 17.4 Å². The Hall–Kier alpha value is -4.37. The Kier molecular flexibility index (Phi) is 6.81. The fourth-order valence-corrected chi connectivity index (χ4v) is 3.96. The number of carbonyl (C=O) groups is 1. The van der Waals surface area contributed by atoms with E-state index in [0.29, 0.717) is 34.8 Å². The highest BCUT2D eigenvalue weighted by Crippen LogP contribution is 2.29. The lowest BCUT2D eigenvalue weighted by atomic mass is 10.3. The van der Waals surface area contributed by atoms with Gasteiger partial charge in [-0.3, -0.25) is 9.69 Å². The van der Waals surface area contributed by atoms with E-state index in [1.54, 1.807) is 35.8 Å². The van der Waals surface area contributed by atoms with Crippen LogP contribution in [0.2, 0.25) is 5.02 Å². The van der Waals surface area contributed by atoms with Crippen molar-refractivity contribution in [2.45, 2.75) is 13.0 Å². The van der Waals surface area contributed by atoms with Gasteiger partial charge in [-0.2, -0.15) is 0 Å². The summed E-state index contributed by atoms with van der Waals surface area (Å²) in [4.78, 5) is 26.4. The zero-order valence-corrected chi connectivity index (χ0v) is 20.3. The van der Waals surface area contributed by atoms with Crippen molar-refractivity contribution in [3.05, 3.63) is 84.5 Å². The van der Waals surface area contributed by atoms with E-state index in [4.69, 9.17) is 21.3 Å². The summed E-state index contributed by atoms with van der Waals surface area (Å²) in [7, 11) is 1.95. The Morgan fingerprint density at radius 1 is 1.08 bits per heavy atom. The Morgan fingerprint density at radius 2 is 1.92 bits per heavy atom. The third-order valence-corrected chi connectivity index (χ3v) is 5.95. The summed E-state index contributed by atoms with van der Waals surface area (Å²) in [6.45, 7) is 1.29. The van der Waals surface area contributed by atoms with E-state index >= 15 is 0 Å². The van der Waals surface area contributed by atoms with Gasteiger partial charge in [-0.1, -0.05) is 11.6 Å². The number of nitrogens with one attached hydrogen (secondary N) is 1. The number of pyridine rings is 1. The number of nitrogens with zero attached hydrogens (tertiary/aromatic N) is 6. The molecular weight excluding hydrogens is 478 g/mol. The van der Waals surface area contributed by atoms with Crippen LogP contribution >= 0.6 is 11.6 Å². The van der Waals surface area contributed by atoms with Crippen molar-refractivity contribution in [1.29, 1.82) is 0 Å². The van der Waals surface area contributed by atoms with E-state index < -0.39 is 0 Å². The number of aryl methyl sites for hydroxylation is 2. The van der Waals surface area contributed by atoms with Gasteiger partial charge in [0.15, 0.2) is 0 Å². The SMILES string of the molecule is Cn1c(Nc2ccc(Cl)cc2)nc2cc(Oc3ccnc(N(C=O)CCCn4ccnc4)c3)ccc21. The highest BCUT2D eigenvalue weighted by molar-refractivity contribution is 6.30. The van der Waals surface area contributed by atoms with Gasteiger partial charge in [-0.05, 0) is 48.9 Å². The van der Waals surface area contributed by atoms with Crippen molar-refractivity contribution in [3.63, 3.8) is 0 Å². The molecule has 0 fully saturated rings. The highest BCUT2D eigenvalue weighted by Gasteiger charge is 2.12. The number of ether oxygens (including phenoxy) is 1. The van der Waals surface area contributed by atoms with Crippen molar-refractivity contribution in [3.8, 4) is 11.5 Å². The molecule has 0 atom stereocenters. The van der Waals surface area contributed by atoms with E-state index in [0.717, 1.165) is 36.1 Å². The maximum absolute atomic E-state index is 11.7. The molecule has 0 aliphatic carbocycles. The third-order valence-electron chi connectivity index (χ3n) is 5.70. The van der Waals surface area contributed by atoms with Gasteiger partial charge in [0, 0.05) is 61.6 Å². The molecule has 5 rings (SSSR count). The minimum Gasteiger partial charge on any atom is -0.457 e. The average molecular weight is 502 g/mol. The number of hydrogen-bond acceptors (Lipinski definition) is 6. The fraction of sp³-hybridized carbons (Fsp3) is 0.154. The first-order valence-corrected chi connectivity index (χ1v) is 11.8. The number of anilines is 3. The number of halogens is 1. The van der Waals surface area contributed by atoms with E-state index in [1.165, 1.54) is 0 Å². The molecule has 182 valence electrons. The molecule has 0 aliphatic heterocycles. The summed E-state index contributed by atoms with van der Waals surface area (Å²) in [6.07, 6.45) is 8.57. The maximum Gasteiger partial charge on any atom is 0.215 e. The Bertz CT molecular complexity index is 1470. The quantitative estimate of drug-likeness (QED) is 0.257. The molecule has 0 spiro atoms. The number of carbonyl (C=O) groups excluding carboxylic acids is 1. The van der Waals surface area contributed by atoms with Gasteiger partial charge >= 0.3 is 0 Å². The van der Waals surface area contributed by atoms with Crippen LogP contribution in [0.4, 0.5) is 17.5 Å². The molecule has 3 heterocycles. The van der Waals surface area contributed by atoms with Gasteiger partial charge in [0.25, 0.3) is 0 Å². The number of fused-ring (bicyclic) bond motifs is 1. The molecule has 0 bridgehead atoms. The summed E-state index contributed by atoms with van der Waals surface area (Å²) in [5.41, 5.74) is 2.64. The van der Waals surface area contributed by atoms with Crippen molar-refractivity contribution >= 4 is 46.5 Å². The smallest absolute Gasteiger partial charge is 0.215 e. The van der Waals surface area contributed by atoms with Crippen LogP contribution in [0.5, 0.6) is 11.5 Å². The second kappa shape index (κ2) is 10.5. The standard InChI is InChI=1S/C26H24ClN7O2/c1-32-24-8-7-21(15-23(24)31-26(32)30-20-5-3-19(27)4-6-20)36-22-9-10-29-25(16-22)34(18-35)13-2-12-33-14-11-28-17-33/h3-11,14-18H,2,12-13H2,1H3,(H,30,31). The Balaban J connectivity index is 1.29. The maximum atomic E-state index is 11.7. The second-order valence-electron chi connectivity index (χ2n) is 8.18. The molecule has 3 aromatic heterocycles. The molecular formula is C26H24ClN7O2. The molecule has 0 radical (unpaired) electrons. The van der Waals surface area contributed by atoms with Gasteiger partial charge in [-0.15, -0.1) is 0 Å². The first kappa shape index (κ1) is 23.4. The van der Waals surface area contributed by atoms with Crippen LogP contribution in [0.15, 0.2) is 79.5 Å². The fourth-order valence-electron chi connectivity index (χ4n) is 3.84. The zero-order valence-electron chi connectivity index (χ0n) is 19.6. The van der Waals surface area contributed by atoms with Gasteiger partial charge in [-0.25, -0.2) is 15.0 Å². The largest absolute Gasteiger partial charge is 0.457 e. The number of amides is 1. The minimum atomic E-state index is 0.529. The molecule has 2 aromatic carbocycles. The summed E-state index contributed by atoms with van der Waals surface area (Å²) in [5.74, 6) is 2.44. The molecule has 0 saturated carbocycles. The molecule has 0 unspecified atom stereocenters. The van der Waals surface area contributed by atoms with Crippen molar-refractivity contribution in [2.24, 2.45) is 7.05 Å². The molecule has 0 aliphatic rings. The first-order valence-electron chi connectivity index (χ1n) is 11.4. The van der Waals surface area contributed by atoms with E-state index in [9.17, 15) is 4.79 Å². The summed E-state index contributed by atoms with van der Waals surface area (Å²) in [5, 5.41) is 3.99. The third kappa shape index (κ3) is 5.31. The lowest BCUT2D eigenvalue weighted by molar-refractivity contribution is -0.107. The van der Waals surface area contributed by atoms with Gasteiger partial charge in [0.2, 0.25) is 12.4 Å². The molecule has 10 heteroatoms. The molecule has 1 N–H and O–H groups in total. The molecule has 5 aromatic rings. The van der Waals surface area contributed by atoms with E-state index in [1.807, 2.05) is 64.8 Å². The summed E-state index contributed by atoms with van der Waals surface area (Å²) < 4.78 is 10.0. The number of benzene rings is 2. The molecule has 1 amide bonds. The second-order valence-corrected chi connectivity index (χ2v) is 8.62. The van der Waals surface area contributed by atoms with Gasteiger partial charge < -0.3 is 19.2 Å². The summed E-state index contributed by atoms with van der Waals surface area (Å²) in [6, 6.07) is 16.7. The monoisotopic (exact) mass is 501 g/mol. The number of aromatic nitrogens is 5. The van der Waals surface area contributed by atoms with Crippen LogP contribution in [0.1, 0.15) is 6.42 Å². The van der Waals surface area contributed by atoms with Crippen LogP contribution in [0.25, 0.3) is 11.0 Å². The van der Waals surface area contributed by atoms with Crippen LogP contribution in [0, 0.1) is 0 Å². The predicted molar refractivity (Wildman–Crippen MR) is 140 cm³/mol. The number of rotatable bonds is 10. The molecule has 36 heavy (non-hydrogen) atoms. The van der Waals surface area contributed by atoms with Crippen LogP contribution in [0.3, 0.4) is 0 Å². The summed E-state index contributed by atoms with van der Waals surface area (Å²) >= 11 is 5.98. The van der Waals surface area contributed by atoms with Crippen LogP contribution < -0.4 is 15.0 Å². The first-order chi connectivity index (χ1) is 17.6. The Morgan fingerprint density at radius 3 is 2.69 bits per heavy atom. The molecule has 0 saturated heterocycles. The minimum absolute atomic E-state index is 0.529.